The third kappa shape index (κ3) is 5.29. The molecule has 0 unspecified atom stereocenters. The summed E-state index contributed by atoms with van der Waals surface area (Å²) < 4.78 is 28.0. The molecule has 0 bridgehead atoms. The van der Waals surface area contributed by atoms with Gasteiger partial charge in [0.15, 0.2) is 0 Å². The minimum Gasteiger partial charge on any atom is -0.392 e. The fourth-order valence-corrected chi connectivity index (χ4v) is 4.22. The van der Waals surface area contributed by atoms with Crippen molar-refractivity contribution in [2.75, 3.05) is 25.4 Å². The third-order valence-corrected chi connectivity index (χ3v) is 5.33. The molecule has 0 spiro atoms. The largest absolute Gasteiger partial charge is 0.392 e. The molecule has 1 aliphatic rings. The van der Waals surface area contributed by atoms with Crippen molar-refractivity contribution < 1.29 is 18.3 Å². The summed E-state index contributed by atoms with van der Waals surface area (Å²) in [5, 5.41) is 13.2. The molecule has 8 nitrogen and oxygen atoms in total. The average Bonchev–Trinajstić information content (AvgIpc) is 2.91. The Morgan fingerprint density at radius 2 is 2.30 bits per heavy atom. The smallest absolute Gasteiger partial charge is 0.257 e. The average molecular weight is 344 g/mol. The topological polar surface area (TPSA) is 105 Å². The number of hydrogen-bond acceptors (Lipinski definition) is 5. The Balaban J connectivity index is 1.94. The van der Waals surface area contributed by atoms with Gasteiger partial charge in [-0.15, -0.1) is 0 Å². The first-order chi connectivity index (χ1) is 10.8. The lowest BCUT2D eigenvalue weighted by atomic mass is 9.99. The molecule has 1 fully saturated rings. The van der Waals surface area contributed by atoms with Crippen LogP contribution < -0.4 is 4.72 Å². The zero-order valence-corrected chi connectivity index (χ0v) is 14.3. The fourth-order valence-electron chi connectivity index (χ4n) is 2.72. The van der Waals surface area contributed by atoms with Crippen molar-refractivity contribution in [2.45, 2.75) is 25.9 Å². The minimum atomic E-state index is -3.45. The highest BCUT2D eigenvalue weighted by molar-refractivity contribution is 7.89. The van der Waals surface area contributed by atoms with Crippen molar-refractivity contribution in [2.24, 2.45) is 13.0 Å². The van der Waals surface area contributed by atoms with Crippen LogP contribution in [0.15, 0.2) is 12.4 Å². The Kier molecular flexibility index (Phi) is 5.77. The first-order valence-electron chi connectivity index (χ1n) is 7.70. The molecule has 9 heteroatoms. The lowest BCUT2D eigenvalue weighted by Gasteiger charge is -2.32. The van der Waals surface area contributed by atoms with E-state index < -0.39 is 16.1 Å². The second-order valence-electron chi connectivity index (χ2n) is 6.14. The summed E-state index contributed by atoms with van der Waals surface area (Å²) in [6.45, 7) is 2.58. The van der Waals surface area contributed by atoms with Crippen molar-refractivity contribution >= 4 is 15.9 Å². The summed E-state index contributed by atoms with van der Waals surface area (Å²) in [6, 6.07) is 0. The van der Waals surface area contributed by atoms with Crippen LogP contribution in [0.1, 0.15) is 30.1 Å². The first-order valence-corrected chi connectivity index (χ1v) is 9.35. The number of piperidine rings is 1. The van der Waals surface area contributed by atoms with Crippen LogP contribution >= 0.6 is 0 Å². The van der Waals surface area contributed by atoms with Crippen LogP contribution in [-0.4, -0.2) is 65.6 Å². The van der Waals surface area contributed by atoms with E-state index in [0.29, 0.717) is 18.7 Å². The summed E-state index contributed by atoms with van der Waals surface area (Å²) in [4.78, 5) is 14.1. The minimum absolute atomic E-state index is 0.00732. The van der Waals surface area contributed by atoms with Gasteiger partial charge in [-0.1, -0.05) is 0 Å². The number of amides is 1. The molecule has 2 rings (SSSR count). The van der Waals surface area contributed by atoms with Gasteiger partial charge in [-0.2, -0.15) is 5.10 Å². The van der Waals surface area contributed by atoms with Crippen LogP contribution in [0.2, 0.25) is 0 Å². The van der Waals surface area contributed by atoms with E-state index >= 15 is 0 Å². The molecule has 0 radical (unpaired) electrons. The maximum Gasteiger partial charge on any atom is 0.257 e. The van der Waals surface area contributed by atoms with E-state index in [9.17, 15) is 18.3 Å². The van der Waals surface area contributed by atoms with Crippen molar-refractivity contribution in [1.82, 2.24) is 19.4 Å². The Morgan fingerprint density at radius 1 is 1.57 bits per heavy atom. The van der Waals surface area contributed by atoms with Crippen molar-refractivity contribution in [3.8, 4) is 0 Å². The van der Waals surface area contributed by atoms with Gasteiger partial charge in [0.1, 0.15) is 0 Å². The third-order valence-electron chi connectivity index (χ3n) is 3.81. The Bertz CT molecular complexity index is 641. The van der Waals surface area contributed by atoms with Crippen LogP contribution in [0.3, 0.4) is 0 Å². The number of likely N-dealkylation sites (tertiary alicyclic amines) is 1. The number of nitrogens with one attached hydrogen (secondary N) is 1. The summed E-state index contributed by atoms with van der Waals surface area (Å²) in [5.41, 5.74) is 0.517. The second kappa shape index (κ2) is 7.41. The number of carbonyl (C=O) groups is 1. The number of aliphatic hydroxyl groups excluding tert-OH is 1. The van der Waals surface area contributed by atoms with Crippen molar-refractivity contribution in [1.29, 1.82) is 0 Å². The summed E-state index contributed by atoms with van der Waals surface area (Å²) >= 11 is 0. The number of sulfonamides is 1. The maximum atomic E-state index is 12.4. The standard InChI is InChI=1S/C14H24N4O4S/c1-11(19)6-16-23(21,22)10-12-4-3-5-18(8-12)14(20)13-7-15-17(2)9-13/h7,9,11-12,16,19H,3-6,8,10H2,1-2H3/t11-,12-/m0/s1. The molecule has 1 aliphatic heterocycles. The van der Waals surface area contributed by atoms with Gasteiger partial charge < -0.3 is 10.0 Å². The molecule has 1 saturated heterocycles. The number of aryl methyl sites for hydroxylation is 1. The van der Waals surface area contributed by atoms with Crippen LogP contribution in [0.5, 0.6) is 0 Å². The van der Waals surface area contributed by atoms with Gasteiger partial charge in [0.25, 0.3) is 5.91 Å². The van der Waals surface area contributed by atoms with E-state index in [0.717, 1.165) is 12.8 Å². The monoisotopic (exact) mass is 344 g/mol. The SMILES string of the molecule is C[C@H](O)CNS(=O)(=O)C[C@H]1CCCN(C(=O)c2cnn(C)c2)C1. The summed E-state index contributed by atoms with van der Waals surface area (Å²) in [7, 11) is -1.70. The highest BCUT2D eigenvalue weighted by atomic mass is 32.2. The number of carbonyl (C=O) groups excluding carboxylic acids is 1. The molecule has 2 atom stereocenters. The highest BCUT2D eigenvalue weighted by Gasteiger charge is 2.28. The van der Waals surface area contributed by atoms with Crippen molar-refractivity contribution in [3.63, 3.8) is 0 Å². The molecule has 130 valence electrons. The van der Waals surface area contributed by atoms with E-state index in [2.05, 4.69) is 9.82 Å². The van der Waals surface area contributed by atoms with Gasteiger partial charge in [0.05, 0.1) is 23.6 Å². The van der Waals surface area contributed by atoms with E-state index in [1.54, 1.807) is 22.8 Å². The fraction of sp³-hybridized carbons (Fsp3) is 0.714. The molecule has 0 aliphatic carbocycles. The van der Waals surface area contributed by atoms with Gasteiger partial charge in [-0.25, -0.2) is 13.1 Å². The molecule has 1 amide bonds. The predicted octanol–water partition coefficient (Wildman–Crippen LogP) is -0.427. The number of hydrogen-bond donors (Lipinski definition) is 2. The first kappa shape index (κ1) is 17.9. The van der Waals surface area contributed by atoms with Gasteiger partial charge >= 0.3 is 0 Å². The van der Waals surface area contributed by atoms with Crippen molar-refractivity contribution in [3.05, 3.63) is 18.0 Å². The zero-order valence-electron chi connectivity index (χ0n) is 13.5. The predicted molar refractivity (Wildman–Crippen MR) is 85.3 cm³/mol. The molecule has 0 aromatic carbocycles. The molecule has 1 aromatic rings. The molecule has 23 heavy (non-hydrogen) atoms. The molecular weight excluding hydrogens is 320 g/mol. The highest BCUT2D eigenvalue weighted by Crippen LogP contribution is 2.20. The molecule has 2 N–H and O–H groups in total. The van der Waals surface area contributed by atoms with E-state index in [-0.39, 0.29) is 24.1 Å². The van der Waals surface area contributed by atoms with Gasteiger partial charge in [0.2, 0.25) is 10.0 Å². The quantitative estimate of drug-likeness (QED) is 0.729. The van der Waals surface area contributed by atoms with Crippen LogP contribution in [-0.2, 0) is 17.1 Å². The number of nitrogens with zero attached hydrogens (tertiary/aromatic N) is 3. The summed E-state index contributed by atoms with van der Waals surface area (Å²) in [6.07, 6.45) is 4.01. The lowest BCUT2D eigenvalue weighted by Crippen LogP contribution is -2.43. The van der Waals surface area contributed by atoms with E-state index in [1.165, 1.54) is 13.1 Å². The van der Waals surface area contributed by atoms with Crippen LogP contribution in [0.4, 0.5) is 0 Å². The lowest BCUT2D eigenvalue weighted by molar-refractivity contribution is 0.0684. The van der Waals surface area contributed by atoms with Crippen LogP contribution in [0.25, 0.3) is 0 Å². The number of rotatable bonds is 6. The maximum absolute atomic E-state index is 12.4. The van der Waals surface area contributed by atoms with Gasteiger partial charge in [-0.3, -0.25) is 9.48 Å². The molecule has 1 aromatic heterocycles. The van der Waals surface area contributed by atoms with Crippen LogP contribution in [0, 0.1) is 5.92 Å². The normalized spacial score (nSPS) is 20.5. The molecular formula is C14H24N4O4S. The van der Waals surface area contributed by atoms with Gasteiger partial charge in [0, 0.05) is 32.9 Å². The molecule has 0 saturated carbocycles. The van der Waals surface area contributed by atoms with E-state index in [1.807, 2.05) is 0 Å². The number of aromatic nitrogens is 2. The Morgan fingerprint density at radius 3 is 2.91 bits per heavy atom. The zero-order chi connectivity index (χ0) is 17.0. The Labute approximate surface area is 136 Å². The second-order valence-corrected chi connectivity index (χ2v) is 7.99. The number of aliphatic hydroxyl groups is 1. The van der Waals surface area contributed by atoms with Gasteiger partial charge in [-0.05, 0) is 25.7 Å². The summed E-state index contributed by atoms with van der Waals surface area (Å²) in [5.74, 6) is -0.246. The van der Waals surface area contributed by atoms with E-state index in [4.69, 9.17) is 0 Å². The Hall–Kier alpha value is -1.45. The molecule has 2 heterocycles.